The number of nitriles is 2. The minimum absolute atomic E-state index is 0.00102. The Kier molecular flexibility index (Phi) is 14.9. The van der Waals surface area contributed by atoms with Crippen molar-refractivity contribution in [3.8, 4) is 44.4 Å². The molecule has 1 N–H and O–H groups in total. The Morgan fingerprint density at radius 3 is 1.22 bits per heavy atom. The Labute approximate surface area is 397 Å². The highest BCUT2D eigenvalue weighted by Crippen LogP contribution is 2.56. The number of hydrogen-bond acceptors (Lipinski definition) is 9. The summed E-state index contributed by atoms with van der Waals surface area (Å²) in [5.74, 6) is -2.09. The molecule has 10 nitrogen and oxygen atoms in total. The van der Waals surface area contributed by atoms with Gasteiger partial charge in [0.25, 0.3) is 0 Å². The molecule has 0 aliphatic heterocycles. The first-order valence-corrected chi connectivity index (χ1v) is 20.6. The third kappa shape index (κ3) is 9.79. The van der Waals surface area contributed by atoms with Crippen LogP contribution in [-0.4, -0.2) is 67.9 Å². The Balaban J connectivity index is 0.000000255. The molecule has 0 atom stereocenters. The van der Waals surface area contributed by atoms with E-state index in [9.17, 15) is 76.3 Å². The Morgan fingerprint density at radius 1 is 0.618 bits per heavy atom. The van der Waals surface area contributed by atoms with Gasteiger partial charge in [-0.3, -0.25) is 0 Å². The predicted octanol–water partition coefficient (Wildman–Crippen LogP) is 14.0. The molecule has 2 aromatic carbocycles. The molecule has 0 amide bonds. The molecule has 0 saturated carbocycles. The first kappa shape index (κ1) is 53.3. The van der Waals surface area contributed by atoms with Crippen molar-refractivity contribution in [3.63, 3.8) is 0 Å². The van der Waals surface area contributed by atoms with Crippen LogP contribution >= 0.6 is 69.1 Å². The zero-order valence-corrected chi connectivity index (χ0v) is 37.1. The van der Waals surface area contributed by atoms with E-state index in [1.54, 1.807) is 13.0 Å². The fourth-order valence-electron chi connectivity index (χ4n) is 5.84. The quantitative estimate of drug-likeness (QED) is 0.111. The summed E-state index contributed by atoms with van der Waals surface area (Å²) >= 11 is 25.3. The van der Waals surface area contributed by atoms with Crippen LogP contribution < -0.4 is 0 Å². The van der Waals surface area contributed by atoms with E-state index in [1.807, 2.05) is 6.07 Å². The summed E-state index contributed by atoms with van der Waals surface area (Å²) in [5, 5.41) is 32.2. The molecule has 0 bridgehead atoms. The molecule has 0 saturated heterocycles. The molecule has 30 heteroatoms. The zero-order chi connectivity index (χ0) is 51.3. The smallest absolute Gasteiger partial charge is 0.435 e. The van der Waals surface area contributed by atoms with Crippen molar-refractivity contribution in [2.45, 2.75) is 43.0 Å². The van der Waals surface area contributed by atoms with E-state index in [2.05, 4.69) is 10.2 Å². The van der Waals surface area contributed by atoms with Crippen LogP contribution in [0, 0.1) is 22.7 Å². The number of carboxylic acid groups (broad SMARTS) is 1. The van der Waals surface area contributed by atoms with E-state index < -0.39 is 79.2 Å². The Morgan fingerprint density at radius 2 is 0.941 bits per heavy atom. The summed E-state index contributed by atoms with van der Waals surface area (Å²) in [6.07, 6.45) is -20.5. The van der Waals surface area contributed by atoms with Gasteiger partial charge in [0.1, 0.15) is 33.3 Å². The topological polar surface area (TPSA) is 147 Å². The monoisotopic (exact) mass is 1090 g/mol. The highest BCUT2D eigenvalue weighted by Gasteiger charge is 2.74. The number of halogens is 18. The van der Waals surface area contributed by atoms with Crippen molar-refractivity contribution in [2.24, 2.45) is 0 Å². The maximum atomic E-state index is 14.4. The van der Waals surface area contributed by atoms with Crippen molar-refractivity contribution in [3.05, 3.63) is 113 Å². The van der Waals surface area contributed by atoms with Gasteiger partial charge in [-0.25, -0.2) is 27.7 Å². The summed E-state index contributed by atoms with van der Waals surface area (Å²) in [4.78, 5) is 23.8. The fourth-order valence-corrected chi connectivity index (χ4v) is 9.00. The van der Waals surface area contributed by atoms with Crippen molar-refractivity contribution >= 4 is 81.0 Å². The summed E-state index contributed by atoms with van der Waals surface area (Å²) in [5.41, 5.74) is -15.5. The Bertz CT molecular complexity index is 2940. The second-order valence-electron chi connectivity index (χ2n) is 13.2. The lowest BCUT2D eigenvalue weighted by molar-refractivity contribution is -0.349. The molecule has 4 heterocycles. The number of aromatic carboxylic acids is 1. The zero-order valence-electron chi connectivity index (χ0n) is 32.5. The number of rotatable bonds is 9. The third-order valence-corrected chi connectivity index (χ3v) is 12.3. The summed E-state index contributed by atoms with van der Waals surface area (Å²) < 4.78 is 192. The van der Waals surface area contributed by atoms with Crippen LogP contribution in [0.3, 0.4) is 0 Å². The fraction of sp³-hybridized carbons (Fsp3) is 0.211. The minimum Gasteiger partial charge on any atom is -0.478 e. The number of hydrogen-bond donors (Lipinski definition) is 1. The Hall–Kier alpha value is -5.64. The lowest BCUT2D eigenvalue weighted by atomic mass is 9.94. The number of carbonyl (C=O) groups excluding carboxylic acids is 1. The number of nitrogens with zero attached hydrogens (tertiary/aromatic N) is 6. The van der Waals surface area contributed by atoms with Gasteiger partial charge in [-0.05, 0) is 43.3 Å². The SMILES string of the molecule is CCOC(=O)c1cc(-c2cnn(-c3c(Cl)cc(C(F)(C(F)(F)F)C(F)(F)F)cc3Cl)c2)sc1C#N.N#Cc1sc(-c2cnn(-c3c(Cl)cc(C(F)(C(F)(F)F)C(F)(F)F)cc3Cl)c2)cc1C(=O)O. The van der Waals surface area contributed by atoms with Crippen LogP contribution in [-0.2, 0) is 16.1 Å². The van der Waals surface area contributed by atoms with E-state index in [-0.39, 0.29) is 73.6 Å². The number of aromatic nitrogens is 4. The van der Waals surface area contributed by atoms with Crippen LogP contribution in [0.4, 0.5) is 61.5 Å². The van der Waals surface area contributed by atoms with Gasteiger partial charge in [-0.2, -0.15) is 73.4 Å². The molecule has 0 spiro atoms. The van der Waals surface area contributed by atoms with E-state index in [4.69, 9.17) is 61.5 Å². The highest BCUT2D eigenvalue weighted by atomic mass is 35.5. The van der Waals surface area contributed by atoms with Crippen LogP contribution in [0.1, 0.15) is 48.5 Å². The van der Waals surface area contributed by atoms with Gasteiger partial charge in [0.05, 0.1) is 50.2 Å². The van der Waals surface area contributed by atoms with Crippen molar-refractivity contribution in [2.75, 3.05) is 6.61 Å². The lowest BCUT2D eigenvalue weighted by Gasteiger charge is -2.30. The molecule has 4 aromatic heterocycles. The summed E-state index contributed by atoms with van der Waals surface area (Å²) in [6, 6.07) is 6.75. The number of carbonyl (C=O) groups is 2. The van der Waals surface area contributed by atoms with Gasteiger partial charge in [0.15, 0.2) is 0 Å². The summed E-state index contributed by atoms with van der Waals surface area (Å²) in [7, 11) is 0. The number of alkyl halides is 14. The van der Waals surface area contributed by atoms with E-state index >= 15 is 0 Å². The number of ether oxygens (including phenoxy) is 1. The van der Waals surface area contributed by atoms with Gasteiger partial charge >= 0.3 is 48.0 Å². The maximum absolute atomic E-state index is 14.4. The second kappa shape index (κ2) is 19.0. The molecule has 6 aromatic rings. The molecule has 0 unspecified atom stereocenters. The molecular weight excluding hydrogens is 1080 g/mol. The molecule has 360 valence electrons. The number of carboxylic acids is 1. The standard InChI is InChI=1S/C20H10Cl2F7N3O2S.C18H6Cl2F7N3O2S/c1-2-34-17(33)11-5-14(35-15(11)6-30)9-7-31-32(8-9)16-12(21)3-10(4-13(16)22)18(23,19(24,25)26)20(27,28)29;19-10-1-8(16(21,17(22,23)24)18(25,26)27)2-11(20)14(10)30-6-7(5-29-30)12-3-9(15(31)32)13(4-28)33-12/h3-5,7-8H,2H2,1H3;1-3,5-6H,(H,31,32). The van der Waals surface area contributed by atoms with Crippen molar-refractivity contribution < 1.29 is 80.9 Å². The van der Waals surface area contributed by atoms with Crippen molar-refractivity contribution in [1.29, 1.82) is 10.5 Å². The molecular formula is C38H16Cl4F14N6O4S2. The van der Waals surface area contributed by atoms with Gasteiger partial charge in [0.2, 0.25) is 0 Å². The first-order valence-electron chi connectivity index (χ1n) is 17.5. The third-order valence-electron chi connectivity index (χ3n) is 8.98. The average molecular weight is 1090 g/mol. The van der Waals surface area contributed by atoms with Crippen LogP contribution in [0.2, 0.25) is 20.1 Å². The van der Waals surface area contributed by atoms with Crippen LogP contribution in [0.15, 0.2) is 61.2 Å². The molecule has 0 fully saturated rings. The predicted molar refractivity (Wildman–Crippen MR) is 216 cm³/mol. The molecule has 68 heavy (non-hydrogen) atoms. The summed E-state index contributed by atoms with van der Waals surface area (Å²) in [6.45, 7) is 1.65. The number of esters is 1. The highest BCUT2D eigenvalue weighted by molar-refractivity contribution is 7.16. The van der Waals surface area contributed by atoms with Gasteiger partial charge in [-0.1, -0.05) is 46.4 Å². The van der Waals surface area contributed by atoms with E-state index in [0.29, 0.717) is 10.4 Å². The average Bonchev–Trinajstić information content (AvgIpc) is 4.04. The number of thiophene rings is 2. The molecule has 0 aliphatic rings. The van der Waals surface area contributed by atoms with Crippen LogP contribution in [0.25, 0.3) is 32.3 Å². The van der Waals surface area contributed by atoms with Crippen LogP contribution in [0.5, 0.6) is 0 Å². The van der Waals surface area contributed by atoms with Gasteiger partial charge < -0.3 is 9.84 Å². The lowest BCUT2D eigenvalue weighted by Crippen LogP contribution is -2.50. The molecule has 6 rings (SSSR count). The van der Waals surface area contributed by atoms with E-state index in [0.717, 1.165) is 32.0 Å². The largest absolute Gasteiger partial charge is 0.478 e. The van der Waals surface area contributed by atoms with Gasteiger partial charge in [-0.15, -0.1) is 22.7 Å². The van der Waals surface area contributed by atoms with Crippen molar-refractivity contribution in [1.82, 2.24) is 19.6 Å². The molecule has 0 aliphatic carbocycles. The molecule has 0 radical (unpaired) electrons. The first-order chi connectivity index (χ1) is 31.3. The normalized spacial score (nSPS) is 12.5. The van der Waals surface area contributed by atoms with Gasteiger partial charge in [0, 0.05) is 44.4 Å². The minimum atomic E-state index is -6.35. The van der Waals surface area contributed by atoms with E-state index in [1.165, 1.54) is 36.9 Å². The maximum Gasteiger partial charge on any atom is 0.435 e. The second-order valence-corrected chi connectivity index (χ2v) is 16.9. The number of benzene rings is 2.